The van der Waals surface area contributed by atoms with Crippen molar-refractivity contribution >= 4 is 17.3 Å². The van der Waals surface area contributed by atoms with Crippen molar-refractivity contribution in [1.29, 1.82) is 0 Å². The molecule has 1 aromatic carbocycles. The van der Waals surface area contributed by atoms with E-state index < -0.39 is 34.9 Å². The number of nitrogens with one attached hydrogen (secondary N) is 2. The first-order valence-corrected chi connectivity index (χ1v) is 9.03. The van der Waals surface area contributed by atoms with Gasteiger partial charge in [0.15, 0.2) is 0 Å². The lowest BCUT2D eigenvalue weighted by molar-refractivity contribution is -0.384. The molecule has 3 N–H and O–H groups in total. The van der Waals surface area contributed by atoms with Gasteiger partial charge in [-0.1, -0.05) is 0 Å². The number of anilines is 1. The van der Waals surface area contributed by atoms with E-state index in [1.165, 1.54) is 12.1 Å². The van der Waals surface area contributed by atoms with E-state index in [4.69, 9.17) is 0 Å². The quantitative estimate of drug-likeness (QED) is 0.497. The number of nitro benzene ring substituents is 1. The van der Waals surface area contributed by atoms with E-state index in [0.29, 0.717) is 0 Å². The topological polar surface area (TPSA) is 104 Å². The maximum absolute atomic E-state index is 13.0. The number of hydrogen-bond acceptors (Lipinski definition) is 5. The number of aliphatic hydroxyl groups is 1. The number of rotatable bonds is 6. The highest BCUT2D eigenvalue weighted by Crippen LogP contribution is 2.42. The molecule has 0 aliphatic heterocycles. The van der Waals surface area contributed by atoms with Crippen LogP contribution in [0.2, 0.25) is 0 Å². The van der Waals surface area contributed by atoms with Gasteiger partial charge in [0.2, 0.25) is 0 Å². The van der Waals surface area contributed by atoms with Crippen molar-refractivity contribution < 1.29 is 28.0 Å². The molecule has 0 heterocycles. The van der Waals surface area contributed by atoms with Gasteiger partial charge in [-0.25, -0.2) is 0 Å². The van der Waals surface area contributed by atoms with Crippen molar-refractivity contribution in [1.82, 2.24) is 5.32 Å². The van der Waals surface area contributed by atoms with E-state index >= 15 is 0 Å². The molecule has 28 heavy (non-hydrogen) atoms. The van der Waals surface area contributed by atoms with Gasteiger partial charge in [0.25, 0.3) is 11.6 Å². The van der Waals surface area contributed by atoms with Gasteiger partial charge >= 0.3 is 6.18 Å². The van der Waals surface area contributed by atoms with Crippen LogP contribution in [0.5, 0.6) is 0 Å². The van der Waals surface area contributed by atoms with Gasteiger partial charge in [0.05, 0.1) is 16.4 Å². The standard InChI is InChI=1S/C18H24F3N3O4/c1-11(2)23-16(25)12-5-6-14(15(8-12)24(27)28)22-10-17(26)7-3-4-13(9-17)18(19,20)21/h5-6,8,11,13,22,26H,3-4,7,9-10H2,1-2H3,(H,23,25). The fourth-order valence-electron chi connectivity index (χ4n) is 3.36. The van der Waals surface area contributed by atoms with Crippen molar-refractivity contribution in [3.8, 4) is 0 Å². The minimum Gasteiger partial charge on any atom is -0.388 e. The van der Waals surface area contributed by atoms with Gasteiger partial charge in [0.1, 0.15) is 5.69 Å². The van der Waals surface area contributed by atoms with Crippen molar-refractivity contribution in [2.75, 3.05) is 11.9 Å². The first-order chi connectivity index (χ1) is 12.9. The highest BCUT2D eigenvalue weighted by Gasteiger charge is 2.47. The van der Waals surface area contributed by atoms with E-state index in [-0.39, 0.29) is 48.8 Å². The van der Waals surface area contributed by atoms with Gasteiger partial charge in [0, 0.05) is 24.2 Å². The third kappa shape index (κ3) is 5.57. The average Bonchev–Trinajstić information content (AvgIpc) is 2.58. The summed E-state index contributed by atoms with van der Waals surface area (Å²) in [6.45, 7) is 3.25. The number of nitro groups is 1. The Morgan fingerprint density at radius 2 is 2.11 bits per heavy atom. The molecule has 0 saturated heterocycles. The fraction of sp³-hybridized carbons (Fsp3) is 0.611. The lowest BCUT2D eigenvalue weighted by atomic mass is 9.77. The molecule has 0 aromatic heterocycles. The number of carbonyl (C=O) groups excluding carboxylic acids is 1. The first kappa shape index (κ1) is 21.9. The van der Waals surface area contributed by atoms with E-state index in [1.54, 1.807) is 13.8 Å². The second-order valence-corrected chi connectivity index (χ2v) is 7.53. The Morgan fingerprint density at radius 1 is 1.43 bits per heavy atom. The average molecular weight is 403 g/mol. The number of amides is 1. The zero-order chi connectivity index (χ0) is 21.1. The van der Waals surface area contributed by atoms with Crippen LogP contribution in [0, 0.1) is 16.0 Å². The maximum atomic E-state index is 13.0. The summed E-state index contributed by atoms with van der Waals surface area (Å²) >= 11 is 0. The van der Waals surface area contributed by atoms with Gasteiger partial charge in [-0.15, -0.1) is 0 Å². The fourth-order valence-corrected chi connectivity index (χ4v) is 3.36. The number of nitrogens with zero attached hydrogens (tertiary/aromatic N) is 1. The molecule has 0 radical (unpaired) electrons. The van der Waals surface area contributed by atoms with Crippen LogP contribution in [0.3, 0.4) is 0 Å². The molecule has 1 aromatic rings. The minimum absolute atomic E-state index is 0.0358. The molecule has 1 saturated carbocycles. The Hall–Kier alpha value is -2.36. The predicted molar refractivity (Wildman–Crippen MR) is 97.2 cm³/mol. The molecule has 1 aliphatic rings. The van der Waals surface area contributed by atoms with Crippen LogP contribution in [0.1, 0.15) is 49.9 Å². The summed E-state index contributed by atoms with van der Waals surface area (Å²) < 4.78 is 38.9. The van der Waals surface area contributed by atoms with Crippen molar-refractivity contribution in [3.05, 3.63) is 33.9 Å². The normalized spacial score (nSPS) is 22.8. The van der Waals surface area contributed by atoms with Crippen LogP contribution in [-0.4, -0.2) is 40.3 Å². The highest BCUT2D eigenvalue weighted by molar-refractivity contribution is 5.95. The van der Waals surface area contributed by atoms with Gasteiger partial charge in [-0.2, -0.15) is 13.2 Å². The van der Waals surface area contributed by atoms with Gasteiger partial charge < -0.3 is 15.7 Å². The first-order valence-electron chi connectivity index (χ1n) is 9.03. The Balaban J connectivity index is 2.15. The van der Waals surface area contributed by atoms with Crippen molar-refractivity contribution in [2.45, 2.75) is 57.3 Å². The lowest BCUT2D eigenvalue weighted by Gasteiger charge is -2.37. The largest absolute Gasteiger partial charge is 0.391 e. The summed E-state index contributed by atoms with van der Waals surface area (Å²) in [5, 5.41) is 27.2. The number of benzene rings is 1. The molecule has 1 fully saturated rings. The molecular weight excluding hydrogens is 379 g/mol. The smallest absolute Gasteiger partial charge is 0.388 e. The van der Waals surface area contributed by atoms with Gasteiger partial charge in [-0.3, -0.25) is 14.9 Å². The maximum Gasteiger partial charge on any atom is 0.391 e. The van der Waals surface area contributed by atoms with Crippen LogP contribution in [0.25, 0.3) is 0 Å². The number of hydrogen-bond donors (Lipinski definition) is 3. The third-order valence-corrected chi connectivity index (χ3v) is 4.77. The molecule has 156 valence electrons. The summed E-state index contributed by atoms with van der Waals surface area (Å²) in [6.07, 6.45) is -4.47. The zero-order valence-electron chi connectivity index (χ0n) is 15.7. The van der Waals surface area contributed by atoms with Crippen molar-refractivity contribution in [3.63, 3.8) is 0 Å². The van der Waals surface area contributed by atoms with Crippen LogP contribution in [0.4, 0.5) is 24.5 Å². The molecule has 1 amide bonds. The Morgan fingerprint density at radius 3 is 2.68 bits per heavy atom. The summed E-state index contributed by atoms with van der Waals surface area (Å²) in [7, 11) is 0. The number of alkyl halides is 3. The van der Waals surface area contributed by atoms with Gasteiger partial charge in [-0.05, 0) is 51.7 Å². The molecule has 2 rings (SSSR count). The summed E-state index contributed by atoms with van der Waals surface area (Å²) in [4.78, 5) is 22.7. The van der Waals surface area contributed by atoms with E-state index in [0.717, 1.165) is 6.07 Å². The molecule has 7 nitrogen and oxygen atoms in total. The van der Waals surface area contributed by atoms with Crippen LogP contribution >= 0.6 is 0 Å². The van der Waals surface area contributed by atoms with Crippen LogP contribution < -0.4 is 10.6 Å². The molecular formula is C18H24F3N3O4. The second-order valence-electron chi connectivity index (χ2n) is 7.53. The second kappa shape index (κ2) is 8.34. The molecule has 2 atom stereocenters. The Bertz CT molecular complexity index is 739. The molecule has 0 spiro atoms. The number of carbonyl (C=O) groups is 1. The SMILES string of the molecule is CC(C)NC(=O)c1ccc(NCC2(O)CCCC(C(F)(F)F)C2)c([N+](=O)[O-])c1. The van der Waals surface area contributed by atoms with Crippen molar-refractivity contribution in [2.24, 2.45) is 5.92 Å². The third-order valence-electron chi connectivity index (χ3n) is 4.77. The van der Waals surface area contributed by atoms with Crippen LogP contribution in [-0.2, 0) is 0 Å². The molecule has 10 heteroatoms. The summed E-state index contributed by atoms with van der Waals surface area (Å²) in [6, 6.07) is 3.66. The van der Waals surface area contributed by atoms with E-state index in [9.17, 15) is 33.2 Å². The summed E-state index contributed by atoms with van der Waals surface area (Å²) in [5.74, 6) is -2.06. The molecule has 2 unspecified atom stereocenters. The monoisotopic (exact) mass is 403 g/mol. The number of halogens is 3. The Labute approximate surface area is 160 Å². The van der Waals surface area contributed by atoms with Crippen LogP contribution in [0.15, 0.2) is 18.2 Å². The van der Waals surface area contributed by atoms with E-state index in [1.807, 2.05) is 0 Å². The lowest BCUT2D eigenvalue weighted by Crippen LogP contribution is -2.45. The molecule has 1 aliphatic carbocycles. The summed E-state index contributed by atoms with van der Waals surface area (Å²) in [5.41, 5.74) is -1.86. The highest BCUT2D eigenvalue weighted by atomic mass is 19.4. The Kier molecular flexibility index (Phi) is 6.53. The minimum atomic E-state index is -4.38. The van der Waals surface area contributed by atoms with E-state index in [2.05, 4.69) is 10.6 Å². The zero-order valence-corrected chi connectivity index (χ0v) is 15.7. The molecule has 0 bridgehead atoms. The predicted octanol–water partition coefficient (Wildman–Crippen LogP) is 3.63.